The Bertz CT molecular complexity index is 796. The van der Waals surface area contributed by atoms with Gasteiger partial charge in [0, 0.05) is 19.0 Å². The van der Waals surface area contributed by atoms with Crippen LogP contribution in [0, 0.1) is 0 Å². The molecule has 1 N–H and O–H groups in total. The molecule has 1 fully saturated rings. The van der Waals surface area contributed by atoms with Crippen LogP contribution in [0.1, 0.15) is 24.0 Å². The number of para-hydroxylation sites is 1. The van der Waals surface area contributed by atoms with Crippen LogP contribution in [0.5, 0.6) is 5.75 Å². The molecule has 1 unspecified atom stereocenters. The number of nitrogens with zero attached hydrogens (tertiary/aromatic N) is 1. The lowest BCUT2D eigenvalue weighted by atomic mass is 10.1. The average Bonchev–Trinajstić information content (AvgIpc) is 3.25. The summed E-state index contributed by atoms with van der Waals surface area (Å²) in [5.74, 6) is 0.826. The zero-order chi connectivity index (χ0) is 18.6. The molecule has 27 heavy (non-hydrogen) atoms. The molecule has 4 rings (SSSR count). The molecule has 0 spiro atoms. The van der Waals surface area contributed by atoms with Gasteiger partial charge in [-0.05, 0) is 36.1 Å². The first kappa shape index (κ1) is 17.6. The van der Waals surface area contributed by atoms with Crippen molar-refractivity contribution < 1.29 is 14.3 Å². The van der Waals surface area contributed by atoms with Crippen LogP contribution in [0.3, 0.4) is 0 Å². The second-order valence-electron chi connectivity index (χ2n) is 7.26. The Morgan fingerprint density at radius 3 is 2.37 bits per heavy atom. The summed E-state index contributed by atoms with van der Waals surface area (Å²) >= 11 is 0. The van der Waals surface area contributed by atoms with Crippen LogP contribution in [0.25, 0.3) is 0 Å². The van der Waals surface area contributed by atoms with E-state index >= 15 is 0 Å². The molecular formula is C22H24N2O3. The van der Waals surface area contributed by atoms with Crippen LogP contribution >= 0.6 is 0 Å². The molecule has 1 aliphatic carbocycles. The van der Waals surface area contributed by atoms with Crippen molar-refractivity contribution in [2.24, 2.45) is 0 Å². The lowest BCUT2D eigenvalue weighted by molar-refractivity contribution is -0.129. The van der Waals surface area contributed by atoms with Crippen molar-refractivity contribution in [2.75, 3.05) is 13.2 Å². The first-order chi connectivity index (χ1) is 13.2. The average molecular weight is 364 g/mol. The van der Waals surface area contributed by atoms with Crippen LogP contribution in [0.4, 0.5) is 0 Å². The highest BCUT2D eigenvalue weighted by Gasteiger charge is 2.37. The van der Waals surface area contributed by atoms with E-state index in [1.807, 2.05) is 47.4 Å². The molecular weight excluding hydrogens is 340 g/mol. The minimum atomic E-state index is -0.106. The summed E-state index contributed by atoms with van der Waals surface area (Å²) in [7, 11) is 0. The predicted octanol–water partition coefficient (Wildman–Crippen LogP) is 2.34. The smallest absolute Gasteiger partial charge is 0.225 e. The molecule has 1 aliphatic heterocycles. The number of hydrogen-bond donors (Lipinski definition) is 1. The first-order valence-corrected chi connectivity index (χ1v) is 9.52. The van der Waals surface area contributed by atoms with E-state index in [0.717, 1.165) is 18.6 Å². The highest BCUT2D eigenvalue weighted by atomic mass is 16.5. The van der Waals surface area contributed by atoms with E-state index in [0.29, 0.717) is 19.6 Å². The Kier molecular flexibility index (Phi) is 5.10. The van der Waals surface area contributed by atoms with E-state index in [1.165, 1.54) is 11.1 Å². The summed E-state index contributed by atoms with van der Waals surface area (Å²) < 4.78 is 5.56. The Hall–Kier alpha value is -2.82. The van der Waals surface area contributed by atoms with Gasteiger partial charge in [-0.2, -0.15) is 0 Å². The fraction of sp³-hybridized carbons (Fsp3) is 0.364. The number of amides is 2. The largest absolute Gasteiger partial charge is 0.493 e. The fourth-order valence-corrected chi connectivity index (χ4v) is 4.02. The molecule has 0 saturated carbocycles. The van der Waals surface area contributed by atoms with Gasteiger partial charge in [0.15, 0.2) is 0 Å². The first-order valence-electron chi connectivity index (χ1n) is 9.52. The second-order valence-corrected chi connectivity index (χ2v) is 7.26. The molecule has 2 aromatic rings. The Balaban J connectivity index is 1.24. The highest BCUT2D eigenvalue weighted by molar-refractivity contribution is 5.82. The van der Waals surface area contributed by atoms with Crippen LogP contribution in [0.2, 0.25) is 0 Å². The Morgan fingerprint density at radius 1 is 1.00 bits per heavy atom. The summed E-state index contributed by atoms with van der Waals surface area (Å²) in [6.45, 7) is 0.931. The number of likely N-dealkylation sites (tertiary alicyclic amines) is 1. The molecule has 2 aliphatic rings. The number of benzene rings is 2. The van der Waals surface area contributed by atoms with Gasteiger partial charge >= 0.3 is 0 Å². The van der Waals surface area contributed by atoms with E-state index in [9.17, 15) is 9.59 Å². The minimum Gasteiger partial charge on any atom is -0.493 e. The van der Waals surface area contributed by atoms with Gasteiger partial charge in [-0.25, -0.2) is 0 Å². The fourth-order valence-electron chi connectivity index (χ4n) is 4.02. The van der Waals surface area contributed by atoms with E-state index in [2.05, 4.69) is 17.4 Å². The number of nitrogens with one attached hydrogen (secondary N) is 1. The second kappa shape index (κ2) is 7.82. The molecule has 1 atom stereocenters. The summed E-state index contributed by atoms with van der Waals surface area (Å²) in [6, 6.07) is 17.9. The van der Waals surface area contributed by atoms with Gasteiger partial charge in [-0.3, -0.25) is 9.59 Å². The van der Waals surface area contributed by atoms with E-state index in [-0.39, 0.29) is 30.3 Å². The van der Waals surface area contributed by atoms with Crippen molar-refractivity contribution in [1.82, 2.24) is 10.2 Å². The monoisotopic (exact) mass is 364 g/mol. The van der Waals surface area contributed by atoms with Crippen molar-refractivity contribution in [3.8, 4) is 5.75 Å². The topological polar surface area (TPSA) is 58.6 Å². The zero-order valence-corrected chi connectivity index (χ0v) is 15.3. The molecule has 2 amide bonds. The maximum Gasteiger partial charge on any atom is 0.225 e. The molecule has 5 heteroatoms. The van der Waals surface area contributed by atoms with Gasteiger partial charge in [0.25, 0.3) is 0 Å². The normalized spacial score (nSPS) is 19.2. The molecule has 1 heterocycles. The number of carbonyl (C=O) groups excluding carboxylic acids is 2. The lowest BCUT2D eigenvalue weighted by Gasteiger charge is -2.24. The van der Waals surface area contributed by atoms with Crippen molar-refractivity contribution in [2.45, 2.75) is 37.8 Å². The summed E-state index contributed by atoms with van der Waals surface area (Å²) in [4.78, 5) is 26.6. The molecule has 140 valence electrons. The number of carbonyl (C=O) groups is 2. The summed E-state index contributed by atoms with van der Waals surface area (Å²) in [5, 5.41) is 2.99. The number of rotatable bonds is 6. The molecule has 0 bridgehead atoms. The number of hydrogen-bond acceptors (Lipinski definition) is 3. The SMILES string of the molecule is O=C(CCOc1ccccc1)NC1CC(=O)N(C2Cc3ccccc3C2)C1. The summed E-state index contributed by atoms with van der Waals surface area (Å²) in [5.41, 5.74) is 2.67. The van der Waals surface area contributed by atoms with Gasteiger partial charge in [0.05, 0.1) is 19.1 Å². The van der Waals surface area contributed by atoms with Gasteiger partial charge in [-0.1, -0.05) is 42.5 Å². The van der Waals surface area contributed by atoms with Gasteiger partial charge in [0.2, 0.25) is 11.8 Å². The van der Waals surface area contributed by atoms with Crippen LogP contribution in [-0.4, -0.2) is 41.9 Å². The van der Waals surface area contributed by atoms with E-state index in [4.69, 9.17) is 4.74 Å². The quantitative estimate of drug-likeness (QED) is 0.856. The van der Waals surface area contributed by atoms with Crippen LogP contribution in [0.15, 0.2) is 54.6 Å². The highest BCUT2D eigenvalue weighted by Crippen LogP contribution is 2.28. The molecule has 5 nitrogen and oxygen atoms in total. The van der Waals surface area contributed by atoms with Gasteiger partial charge in [0.1, 0.15) is 5.75 Å². The lowest BCUT2D eigenvalue weighted by Crippen LogP contribution is -2.41. The van der Waals surface area contributed by atoms with Crippen molar-refractivity contribution >= 4 is 11.8 Å². The Labute approximate surface area is 159 Å². The maximum absolute atomic E-state index is 12.5. The maximum atomic E-state index is 12.5. The zero-order valence-electron chi connectivity index (χ0n) is 15.3. The number of ether oxygens (including phenoxy) is 1. The Morgan fingerprint density at radius 2 is 1.67 bits per heavy atom. The van der Waals surface area contributed by atoms with Crippen LogP contribution < -0.4 is 10.1 Å². The summed E-state index contributed by atoms with van der Waals surface area (Å²) in [6.07, 6.45) is 2.49. The van der Waals surface area contributed by atoms with E-state index < -0.39 is 0 Å². The standard InChI is InChI=1S/C22H24N2O3/c25-21(10-11-27-20-8-2-1-3-9-20)23-18-14-22(26)24(15-18)19-12-16-6-4-5-7-17(16)13-19/h1-9,18-19H,10-15H2,(H,23,25). The van der Waals surface area contributed by atoms with Crippen molar-refractivity contribution in [3.05, 3.63) is 65.7 Å². The molecule has 0 radical (unpaired) electrons. The van der Waals surface area contributed by atoms with Crippen molar-refractivity contribution in [3.63, 3.8) is 0 Å². The predicted molar refractivity (Wildman–Crippen MR) is 102 cm³/mol. The molecule has 1 saturated heterocycles. The third-order valence-electron chi connectivity index (χ3n) is 5.33. The van der Waals surface area contributed by atoms with Gasteiger partial charge in [-0.15, -0.1) is 0 Å². The third kappa shape index (κ3) is 4.13. The minimum absolute atomic E-state index is 0.0692. The third-order valence-corrected chi connectivity index (χ3v) is 5.33. The molecule has 2 aromatic carbocycles. The van der Waals surface area contributed by atoms with Gasteiger partial charge < -0.3 is 15.0 Å². The van der Waals surface area contributed by atoms with Crippen LogP contribution in [-0.2, 0) is 22.4 Å². The van der Waals surface area contributed by atoms with E-state index in [1.54, 1.807) is 0 Å². The molecule has 0 aromatic heterocycles. The van der Waals surface area contributed by atoms with Crippen molar-refractivity contribution in [1.29, 1.82) is 0 Å². The number of fused-ring (bicyclic) bond motifs is 1.